The van der Waals surface area contributed by atoms with Gasteiger partial charge in [0, 0.05) is 13.1 Å². The fourth-order valence-electron chi connectivity index (χ4n) is 2.10. The van der Waals surface area contributed by atoms with Gasteiger partial charge in [-0.3, -0.25) is 4.79 Å². The molecule has 3 heteroatoms. The first-order chi connectivity index (χ1) is 7.06. The van der Waals surface area contributed by atoms with Gasteiger partial charge in [0.05, 0.1) is 6.04 Å². The molecule has 1 rings (SSSR count). The van der Waals surface area contributed by atoms with Gasteiger partial charge in [-0.25, -0.2) is 0 Å². The summed E-state index contributed by atoms with van der Waals surface area (Å²) < 4.78 is 0. The van der Waals surface area contributed by atoms with Gasteiger partial charge in [0.25, 0.3) is 0 Å². The molecule has 1 saturated heterocycles. The number of likely N-dealkylation sites (tertiary alicyclic amines) is 1. The molecule has 0 radical (unpaired) electrons. The summed E-state index contributed by atoms with van der Waals surface area (Å²) in [4.78, 5) is 14.0. The Kier molecular flexibility index (Phi) is 4.58. The Bertz CT molecular complexity index is 218. The van der Waals surface area contributed by atoms with Crippen LogP contribution in [0.15, 0.2) is 0 Å². The number of nitrogens with zero attached hydrogens (tertiary/aromatic N) is 1. The summed E-state index contributed by atoms with van der Waals surface area (Å²) in [6, 6.07) is -0.305. The van der Waals surface area contributed by atoms with Crippen LogP contribution in [-0.4, -0.2) is 29.9 Å². The van der Waals surface area contributed by atoms with Gasteiger partial charge < -0.3 is 10.6 Å². The normalized spacial score (nSPS) is 26.1. The Morgan fingerprint density at radius 1 is 1.60 bits per heavy atom. The average Bonchev–Trinajstić information content (AvgIpc) is 2.26. The van der Waals surface area contributed by atoms with Gasteiger partial charge in [-0.1, -0.05) is 27.2 Å². The number of piperidine rings is 1. The predicted octanol–water partition coefficient (Wildman–Crippen LogP) is 1.62. The van der Waals surface area contributed by atoms with E-state index in [1.54, 1.807) is 0 Å². The lowest BCUT2D eigenvalue weighted by Gasteiger charge is -2.33. The van der Waals surface area contributed by atoms with Crippen molar-refractivity contribution in [3.63, 3.8) is 0 Å². The molecular weight excluding hydrogens is 188 g/mol. The minimum Gasteiger partial charge on any atom is -0.341 e. The van der Waals surface area contributed by atoms with E-state index in [0.717, 1.165) is 25.9 Å². The molecule has 0 aliphatic carbocycles. The van der Waals surface area contributed by atoms with Crippen LogP contribution in [-0.2, 0) is 4.79 Å². The molecule has 88 valence electrons. The van der Waals surface area contributed by atoms with E-state index in [1.807, 2.05) is 4.90 Å². The lowest BCUT2D eigenvalue weighted by atomic mass is 9.95. The summed E-state index contributed by atoms with van der Waals surface area (Å²) in [5, 5.41) is 0. The fraction of sp³-hybridized carbons (Fsp3) is 0.917. The molecule has 15 heavy (non-hydrogen) atoms. The van der Waals surface area contributed by atoms with Crippen LogP contribution in [0, 0.1) is 11.8 Å². The van der Waals surface area contributed by atoms with E-state index in [4.69, 9.17) is 5.73 Å². The van der Waals surface area contributed by atoms with E-state index >= 15 is 0 Å². The molecule has 1 amide bonds. The van der Waals surface area contributed by atoms with Gasteiger partial charge in [-0.05, 0) is 24.7 Å². The first-order valence-electron chi connectivity index (χ1n) is 6.10. The first kappa shape index (κ1) is 12.5. The molecule has 1 aliphatic heterocycles. The van der Waals surface area contributed by atoms with Crippen molar-refractivity contribution in [2.24, 2.45) is 17.6 Å². The Morgan fingerprint density at radius 2 is 2.27 bits per heavy atom. The van der Waals surface area contributed by atoms with E-state index in [9.17, 15) is 4.79 Å². The van der Waals surface area contributed by atoms with Gasteiger partial charge in [0.2, 0.25) is 5.91 Å². The average molecular weight is 212 g/mol. The van der Waals surface area contributed by atoms with Crippen molar-refractivity contribution in [1.29, 1.82) is 0 Å². The molecule has 3 nitrogen and oxygen atoms in total. The van der Waals surface area contributed by atoms with Crippen molar-refractivity contribution in [2.45, 2.75) is 46.1 Å². The first-order valence-corrected chi connectivity index (χ1v) is 6.10. The highest BCUT2D eigenvalue weighted by molar-refractivity contribution is 5.82. The Morgan fingerprint density at radius 3 is 2.80 bits per heavy atom. The van der Waals surface area contributed by atoms with Crippen LogP contribution < -0.4 is 5.73 Å². The SMILES string of the molecule is CC[C@@H](C)[C@H](N)C(=O)N1CCC[C@@H](C)C1. The molecule has 1 heterocycles. The lowest BCUT2D eigenvalue weighted by Crippen LogP contribution is -2.50. The van der Waals surface area contributed by atoms with Crippen LogP contribution in [0.25, 0.3) is 0 Å². The molecule has 3 atom stereocenters. The van der Waals surface area contributed by atoms with Crippen molar-refractivity contribution in [1.82, 2.24) is 4.90 Å². The lowest BCUT2D eigenvalue weighted by molar-refractivity contribution is -0.135. The zero-order valence-electron chi connectivity index (χ0n) is 10.2. The smallest absolute Gasteiger partial charge is 0.239 e. The molecular formula is C12H24N2O. The van der Waals surface area contributed by atoms with Crippen LogP contribution in [0.4, 0.5) is 0 Å². The van der Waals surface area contributed by atoms with Crippen LogP contribution in [0.3, 0.4) is 0 Å². The fourth-order valence-corrected chi connectivity index (χ4v) is 2.10. The van der Waals surface area contributed by atoms with Crippen LogP contribution in [0.5, 0.6) is 0 Å². The van der Waals surface area contributed by atoms with Crippen molar-refractivity contribution in [3.8, 4) is 0 Å². The topological polar surface area (TPSA) is 46.3 Å². The number of carbonyl (C=O) groups is 1. The molecule has 0 spiro atoms. The Hall–Kier alpha value is -0.570. The third kappa shape index (κ3) is 3.20. The standard InChI is InChI=1S/C12H24N2O/c1-4-10(3)11(13)12(15)14-7-5-6-9(2)8-14/h9-11H,4-8,13H2,1-3H3/t9-,10-,11+/m1/s1. The number of amides is 1. The van der Waals surface area contributed by atoms with Crippen molar-refractivity contribution < 1.29 is 4.79 Å². The Labute approximate surface area is 93.0 Å². The quantitative estimate of drug-likeness (QED) is 0.772. The largest absolute Gasteiger partial charge is 0.341 e. The third-order valence-electron chi connectivity index (χ3n) is 3.51. The number of hydrogen-bond donors (Lipinski definition) is 1. The molecule has 0 unspecified atom stereocenters. The maximum atomic E-state index is 12.0. The molecule has 0 aromatic rings. The van der Waals surface area contributed by atoms with Gasteiger partial charge in [0.1, 0.15) is 0 Å². The van der Waals surface area contributed by atoms with Crippen molar-refractivity contribution in [3.05, 3.63) is 0 Å². The zero-order chi connectivity index (χ0) is 11.4. The highest BCUT2D eigenvalue weighted by atomic mass is 16.2. The second-order valence-corrected chi connectivity index (χ2v) is 4.94. The van der Waals surface area contributed by atoms with E-state index in [0.29, 0.717) is 5.92 Å². The minimum atomic E-state index is -0.305. The molecule has 0 aromatic heterocycles. The number of carbonyl (C=O) groups excluding carboxylic acids is 1. The second kappa shape index (κ2) is 5.50. The van der Waals surface area contributed by atoms with E-state index < -0.39 is 0 Å². The third-order valence-corrected chi connectivity index (χ3v) is 3.51. The highest BCUT2D eigenvalue weighted by Crippen LogP contribution is 2.17. The zero-order valence-corrected chi connectivity index (χ0v) is 10.2. The van der Waals surface area contributed by atoms with Crippen molar-refractivity contribution >= 4 is 5.91 Å². The van der Waals surface area contributed by atoms with E-state index in [-0.39, 0.29) is 17.9 Å². The van der Waals surface area contributed by atoms with E-state index in [1.165, 1.54) is 6.42 Å². The molecule has 0 bridgehead atoms. The number of rotatable bonds is 3. The van der Waals surface area contributed by atoms with E-state index in [2.05, 4.69) is 20.8 Å². The van der Waals surface area contributed by atoms with Crippen LogP contribution in [0.1, 0.15) is 40.0 Å². The van der Waals surface area contributed by atoms with Gasteiger partial charge in [0.15, 0.2) is 0 Å². The Balaban J connectivity index is 2.51. The molecule has 2 N–H and O–H groups in total. The van der Waals surface area contributed by atoms with Gasteiger partial charge in [-0.2, -0.15) is 0 Å². The monoisotopic (exact) mass is 212 g/mol. The molecule has 1 aliphatic rings. The van der Waals surface area contributed by atoms with Crippen LogP contribution in [0.2, 0.25) is 0 Å². The highest BCUT2D eigenvalue weighted by Gasteiger charge is 2.27. The number of hydrogen-bond acceptors (Lipinski definition) is 2. The summed E-state index contributed by atoms with van der Waals surface area (Å²) in [6.07, 6.45) is 3.33. The van der Waals surface area contributed by atoms with Crippen molar-refractivity contribution in [2.75, 3.05) is 13.1 Å². The molecule has 1 fully saturated rings. The summed E-state index contributed by atoms with van der Waals surface area (Å²) >= 11 is 0. The summed E-state index contributed by atoms with van der Waals surface area (Å²) in [5.74, 6) is 1.07. The second-order valence-electron chi connectivity index (χ2n) is 4.94. The maximum absolute atomic E-state index is 12.0. The number of nitrogens with two attached hydrogens (primary N) is 1. The molecule has 0 saturated carbocycles. The summed E-state index contributed by atoms with van der Waals surface area (Å²) in [7, 11) is 0. The molecule has 0 aromatic carbocycles. The summed E-state index contributed by atoms with van der Waals surface area (Å²) in [6.45, 7) is 8.12. The van der Waals surface area contributed by atoms with Gasteiger partial charge >= 0.3 is 0 Å². The maximum Gasteiger partial charge on any atom is 0.239 e. The minimum absolute atomic E-state index is 0.149. The van der Waals surface area contributed by atoms with Crippen LogP contribution >= 0.6 is 0 Å². The summed E-state index contributed by atoms with van der Waals surface area (Å²) in [5.41, 5.74) is 5.96. The van der Waals surface area contributed by atoms with Gasteiger partial charge in [-0.15, -0.1) is 0 Å². The predicted molar refractivity (Wildman–Crippen MR) is 62.4 cm³/mol.